The molecule has 1 aliphatic heterocycles. The van der Waals surface area contributed by atoms with Gasteiger partial charge in [-0.1, -0.05) is 13.8 Å². The van der Waals surface area contributed by atoms with Crippen molar-refractivity contribution in [1.29, 1.82) is 5.26 Å². The number of carbonyl (C=O) groups is 1. The summed E-state index contributed by atoms with van der Waals surface area (Å²) >= 11 is 0. The fourth-order valence-electron chi connectivity index (χ4n) is 3.46. The van der Waals surface area contributed by atoms with Crippen molar-refractivity contribution < 1.29 is 9.53 Å². The van der Waals surface area contributed by atoms with Gasteiger partial charge in [-0.05, 0) is 18.8 Å². The van der Waals surface area contributed by atoms with Crippen LogP contribution in [0, 0.1) is 17.2 Å². The smallest absolute Gasteiger partial charge is 0.331 e. The number of aromatic nitrogens is 2. The number of amides is 1. The summed E-state index contributed by atoms with van der Waals surface area (Å²) < 4.78 is 7.94. The van der Waals surface area contributed by atoms with Crippen LogP contribution in [0.4, 0.5) is 0 Å². The first kappa shape index (κ1) is 20.3. The Hall–Kier alpha value is -2.44. The fraction of sp³-hybridized carbons (Fsp3) is 0.684. The van der Waals surface area contributed by atoms with Gasteiger partial charge in [0.25, 0.3) is 5.56 Å². The molecule has 1 unspecified atom stereocenters. The third-order valence-electron chi connectivity index (χ3n) is 4.93. The van der Waals surface area contributed by atoms with Gasteiger partial charge >= 0.3 is 5.69 Å². The number of ether oxygens (including phenoxy) is 1. The molecular formula is C19H27N5O4. The molecule has 1 aromatic rings. The van der Waals surface area contributed by atoms with E-state index in [0.717, 1.165) is 37.0 Å². The van der Waals surface area contributed by atoms with Crippen LogP contribution in [0.1, 0.15) is 38.3 Å². The van der Waals surface area contributed by atoms with E-state index in [0.29, 0.717) is 19.1 Å². The Kier molecular flexibility index (Phi) is 6.31. The molecule has 0 aromatic carbocycles. The van der Waals surface area contributed by atoms with Gasteiger partial charge in [0.1, 0.15) is 18.2 Å². The van der Waals surface area contributed by atoms with E-state index < -0.39 is 23.7 Å². The second-order valence-corrected chi connectivity index (χ2v) is 7.92. The van der Waals surface area contributed by atoms with Crippen LogP contribution in [-0.4, -0.2) is 58.8 Å². The first-order valence-corrected chi connectivity index (χ1v) is 9.75. The first-order chi connectivity index (χ1) is 13.4. The molecule has 3 rings (SSSR count). The quantitative estimate of drug-likeness (QED) is 0.685. The highest BCUT2D eigenvalue weighted by molar-refractivity contribution is 5.75. The molecule has 1 aromatic heterocycles. The summed E-state index contributed by atoms with van der Waals surface area (Å²) in [6.07, 6.45) is 2.85. The molecule has 0 bridgehead atoms. The molecular weight excluding hydrogens is 362 g/mol. The number of nitrogens with zero attached hydrogens (tertiary/aromatic N) is 4. The van der Waals surface area contributed by atoms with Gasteiger partial charge in [0.05, 0.1) is 12.7 Å². The monoisotopic (exact) mass is 389 g/mol. The Labute approximate surface area is 163 Å². The Morgan fingerprint density at radius 2 is 2.14 bits per heavy atom. The predicted octanol–water partition coefficient (Wildman–Crippen LogP) is -0.310. The van der Waals surface area contributed by atoms with E-state index in [2.05, 4.69) is 24.1 Å². The lowest BCUT2D eigenvalue weighted by Gasteiger charge is -2.33. The Morgan fingerprint density at radius 1 is 1.39 bits per heavy atom. The molecule has 28 heavy (non-hydrogen) atoms. The lowest BCUT2D eigenvalue weighted by Crippen LogP contribution is -2.49. The van der Waals surface area contributed by atoms with Gasteiger partial charge in [-0.3, -0.25) is 19.1 Å². The van der Waals surface area contributed by atoms with Gasteiger partial charge in [-0.15, -0.1) is 0 Å². The van der Waals surface area contributed by atoms with E-state index in [1.807, 2.05) is 6.07 Å². The zero-order valence-electron chi connectivity index (χ0n) is 16.4. The molecule has 2 fully saturated rings. The average Bonchev–Trinajstić information content (AvgIpc) is 3.48. The van der Waals surface area contributed by atoms with Gasteiger partial charge < -0.3 is 10.1 Å². The van der Waals surface area contributed by atoms with Crippen molar-refractivity contribution in [2.75, 3.05) is 32.8 Å². The minimum Gasteiger partial charge on any atom is -0.374 e. The lowest BCUT2D eigenvalue weighted by molar-refractivity contribution is -0.123. The largest absolute Gasteiger partial charge is 0.374 e. The molecule has 1 atom stereocenters. The summed E-state index contributed by atoms with van der Waals surface area (Å²) in [7, 11) is 0. The molecule has 1 saturated carbocycles. The van der Waals surface area contributed by atoms with Crippen LogP contribution in [-0.2, 0) is 16.1 Å². The van der Waals surface area contributed by atoms with Crippen LogP contribution in [0.5, 0.6) is 0 Å². The SMILES string of the molecule is CC(C)CN1CCOC(CNC(=O)Cn2c(=O)c(C#N)cn(C3CC3)c2=O)C1. The van der Waals surface area contributed by atoms with Crippen molar-refractivity contribution in [2.45, 2.75) is 45.4 Å². The van der Waals surface area contributed by atoms with Crippen molar-refractivity contribution in [3.05, 3.63) is 32.6 Å². The van der Waals surface area contributed by atoms with Crippen molar-refractivity contribution in [2.24, 2.45) is 5.92 Å². The molecule has 0 spiro atoms. The normalized spacial score (nSPS) is 20.1. The zero-order valence-corrected chi connectivity index (χ0v) is 16.4. The van der Waals surface area contributed by atoms with Crippen LogP contribution in [0.25, 0.3) is 0 Å². The lowest BCUT2D eigenvalue weighted by atomic mass is 10.2. The number of carbonyl (C=O) groups excluding carboxylic acids is 1. The average molecular weight is 389 g/mol. The van der Waals surface area contributed by atoms with Gasteiger partial charge in [-0.25, -0.2) is 9.36 Å². The maximum Gasteiger partial charge on any atom is 0.331 e. The number of hydrogen-bond donors (Lipinski definition) is 1. The van der Waals surface area contributed by atoms with E-state index in [4.69, 9.17) is 10.00 Å². The number of nitriles is 1. The summed E-state index contributed by atoms with van der Waals surface area (Å²) in [6, 6.07) is 1.82. The Bertz CT molecular complexity index is 878. The highest BCUT2D eigenvalue weighted by Gasteiger charge is 2.27. The van der Waals surface area contributed by atoms with Crippen molar-refractivity contribution in [3.8, 4) is 6.07 Å². The van der Waals surface area contributed by atoms with Crippen LogP contribution in [0.2, 0.25) is 0 Å². The van der Waals surface area contributed by atoms with Gasteiger partial charge in [0.15, 0.2) is 0 Å². The van der Waals surface area contributed by atoms with E-state index >= 15 is 0 Å². The topological polar surface area (TPSA) is 109 Å². The number of nitrogens with one attached hydrogen (secondary N) is 1. The first-order valence-electron chi connectivity index (χ1n) is 9.75. The van der Waals surface area contributed by atoms with Gasteiger partial charge in [0, 0.05) is 38.4 Å². The van der Waals surface area contributed by atoms with Crippen LogP contribution < -0.4 is 16.6 Å². The van der Waals surface area contributed by atoms with Crippen molar-refractivity contribution in [3.63, 3.8) is 0 Å². The molecule has 9 nitrogen and oxygen atoms in total. The van der Waals surface area contributed by atoms with Crippen LogP contribution in [0.15, 0.2) is 15.8 Å². The minimum atomic E-state index is -0.725. The molecule has 0 radical (unpaired) electrons. The number of hydrogen-bond acceptors (Lipinski definition) is 6. The predicted molar refractivity (Wildman–Crippen MR) is 102 cm³/mol. The molecule has 9 heteroatoms. The van der Waals surface area contributed by atoms with Crippen molar-refractivity contribution >= 4 is 5.91 Å². The van der Waals surface area contributed by atoms with Crippen LogP contribution >= 0.6 is 0 Å². The van der Waals surface area contributed by atoms with E-state index in [9.17, 15) is 14.4 Å². The zero-order chi connectivity index (χ0) is 20.3. The second kappa shape index (κ2) is 8.71. The summed E-state index contributed by atoms with van der Waals surface area (Å²) in [5, 5.41) is 11.9. The number of rotatable bonds is 7. The fourth-order valence-corrected chi connectivity index (χ4v) is 3.46. The third kappa shape index (κ3) is 4.88. The molecule has 2 aliphatic rings. The van der Waals surface area contributed by atoms with Gasteiger partial charge in [-0.2, -0.15) is 5.26 Å². The minimum absolute atomic E-state index is 0.0112. The summed E-state index contributed by atoms with van der Waals surface area (Å²) in [5.74, 6) is 0.113. The molecule has 1 saturated heterocycles. The molecule has 152 valence electrons. The van der Waals surface area contributed by atoms with Crippen LogP contribution in [0.3, 0.4) is 0 Å². The number of morpholine rings is 1. The van der Waals surface area contributed by atoms with E-state index in [1.165, 1.54) is 10.8 Å². The molecule has 1 N–H and O–H groups in total. The Balaban J connectivity index is 1.62. The highest BCUT2D eigenvalue weighted by Crippen LogP contribution is 2.33. The van der Waals surface area contributed by atoms with Gasteiger partial charge in [0.2, 0.25) is 5.91 Å². The third-order valence-corrected chi connectivity index (χ3v) is 4.93. The second-order valence-electron chi connectivity index (χ2n) is 7.92. The summed E-state index contributed by atoms with van der Waals surface area (Å²) in [4.78, 5) is 39.5. The standard InChI is InChI=1S/C19H27N5O4/c1-13(2)9-22-5-6-28-16(11-22)8-21-17(25)12-24-18(26)14(7-20)10-23(19(24)27)15-3-4-15/h10,13,15-16H,3-6,8-9,11-12H2,1-2H3,(H,21,25). The van der Waals surface area contributed by atoms with Crippen molar-refractivity contribution in [1.82, 2.24) is 19.4 Å². The summed E-state index contributed by atoms with van der Waals surface area (Å²) in [6.45, 7) is 7.44. The molecule has 1 aliphatic carbocycles. The Morgan fingerprint density at radius 3 is 2.79 bits per heavy atom. The maximum atomic E-state index is 12.5. The summed E-state index contributed by atoms with van der Waals surface area (Å²) in [5.41, 5.74) is -1.39. The maximum absolute atomic E-state index is 12.5. The van der Waals surface area contributed by atoms with E-state index in [1.54, 1.807) is 0 Å². The molecule has 2 heterocycles. The van der Waals surface area contributed by atoms with E-state index in [-0.39, 0.29) is 17.7 Å². The highest BCUT2D eigenvalue weighted by atomic mass is 16.5. The molecule has 1 amide bonds.